The fourth-order valence-electron chi connectivity index (χ4n) is 3.66. The highest BCUT2D eigenvalue weighted by Crippen LogP contribution is 2.23. The average Bonchev–Trinajstić information content (AvgIpc) is 3.22. The number of sulfonamides is 1. The first-order valence-electron chi connectivity index (χ1n) is 10.3. The van der Waals surface area contributed by atoms with E-state index in [2.05, 4.69) is 15.3 Å². The second-order valence-corrected chi connectivity index (χ2v) is 9.99. The zero-order valence-electron chi connectivity index (χ0n) is 17.9. The van der Waals surface area contributed by atoms with E-state index < -0.39 is 15.9 Å². The van der Waals surface area contributed by atoms with Crippen LogP contribution in [0.15, 0.2) is 59.8 Å². The first kappa shape index (κ1) is 23.2. The molecule has 2 heterocycles. The van der Waals surface area contributed by atoms with Gasteiger partial charge in [-0.3, -0.25) is 9.48 Å². The monoisotopic (exact) mass is 491 g/mol. The van der Waals surface area contributed by atoms with Crippen molar-refractivity contribution in [3.63, 3.8) is 0 Å². The predicted octanol–water partition coefficient (Wildman–Crippen LogP) is 2.65. The van der Waals surface area contributed by atoms with Gasteiger partial charge in [-0.1, -0.05) is 23.7 Å². The van der Waals surface area contributed by atoms with Crippen LogP contribution in [0.2, 0.25) is 5.02 Å². The molecule has 2 aromatic carbocycles. The van der Waals surface area contributed by atoms with Crippen molar-refractivity contribution in [2.24, 2.45) is 7.05 Å². The number of nitrogens with zero attached hydrogens (tertiary/aromatic N) is 4. The van der Waals surface area contributed by atoms with Gasteiger partial charge in [0.15, 0.2) is 0 Å². The van der Waals surface area contributed by atoms with Gasteiger partial charge in [-0.2, -0.15) is 9.40 Å². The summed E-state index contributed by atoms with van der Waals surface area (Å²) < 4.78 is 42.4. The largest absolute Gasteiger partial charge is 0.369 e. The fourth-order valence-corrected chi connectivity index (χ4v) is 5.32. The van der Waals surface area contributed by atoms with Crippen LogP contribution in [0.4, 0.5) is 10.1 Å². The average molecular weight is 492 g/mol. The quantitative estimate of drug-likeness (QED) is 0.573. The molecule has 1 aliphatic rings. The van der Waals surface area contributed by atoms with E-state index in [9.17, 15) is 17.6 Å². The molecule has 0 bridgehead atoms. The van der Waals surface area contributed by atoms with Gasteiger partial charge < -0.3 is 10.2 Å². The van der Waals surface area contributed by atoms with Crippen LogP contribution in [0.25, 0.3) is 0 Å². The van der Waals surface area contributed by atoms with E-state index in [0.717, 1.165) is 5.69 Å². The lowest BCUT2D eigenvalue weighted by atomic mass is 10.2. The molecule has 0 radical (unpaired) electrons. The van der Waals surface area contributed by atoms with Gasteiger partial charge in [0.25, 0.3) is 15.9 Å². The summed E-state index contributed by atoms with van der Waals surface area (Å²) in [6.07, 6.45) is 1.39. The number of hydrogen-bond donors (Lipinski definition) is 1. The molecule has 0 atom stereocenters. The Balaban J connectivity index is 1.46. The number of rotatable bonds is 6. The van der Waals surface area contributed by atoms with Gasteiger partial charge in [-0.05, 0) is 42.0 Å². The van der Waals surface area contributed by atoms with Crippen LogP contribution < -0.4 is 10.2 Å². The number of piperazine rings is 1. The molecule has 1 N–H and O–H groups in total. The van der Waals surface area contributed by atoms with Gasteiger partial charge in [0.1, 0.15) is 5.82 Å². The lowest BCUT2D eigenvalue weighted by Crippen LogP contribution is -2.49. The first-order chi connectivity index (χ1) is 15.7. The summed E-state index contributed by atoms with van der Waals surface area (Å²) >= 11 is 5.94. The molecule has 0 spiro atoms. The maximum absolute atomic E-state index is 13.3. The third-order valence-electron chi connectivity index (χ3n) is 5.42. The molecule has 1 saturated heterocycles. The number of aromatic nitrogens is 2. The molecule has 33 heavy (non-hydrogen) atoms. The van der Waals surface area contributed by atoms with Gasteiger partial charge in [0.05, 0.1) is 5.56 Å². The molecule has 4 rings (SSSR count). The van der Waals surface area contributed by atoms with E-state index in [1.807, 2.05) is 12.1 Å². The number of hydrogen-bond acceptors (Lipinski definition) is 5. The lowest BCUT2D eigenvalue weighted by Gasteiger charge is -2.35. The Morgan fingerprint density at radius 1 is 1.06 bits per heavy atom. The highest BCUT2D eigenvalue weighted by atomic mass is 35.5. The third kappa shape index (κ3) is 5.18. The molecule has 8 nitrogen and oxygen atoms in total. The zero-order valence-corrected chi connectivity index (χ0v) is 19.5. The van der Waals surface area contributed by atoms with Gasteiger partial charge >= 0.3 is 0 Å². The Bertz CT molecular complexity index is 1240. The summed E-state index contributed by atoms with van der Waals surface area (Å²) in [6.45, 7) is 1.66. The number of benzene rings is 2. The zero-order chi connectivity index (χ0) is 23.6. The molecular formula is C22H23ClFN5O3S. The summed E-state index contributed by atoms with van der Waals surface area (Å²) in [7, 11) is -2.41. The minimum absolute atomic E-state index is 0.0280. The Kier molecular flexibility index (Phi) is 6.68. The molecule has 1 aromatic heterocycles. The summed E-state index contributed by atoms with van der Waals surface area (Å²) in [5, 5.41) is 7.12. The van der Waals surface area contributed by atoms with Crippen molar-refractivity contribution in [1.82, 2.24) is 19.4 Å². The Hall–Kier alpha value is -2.95. The molecule has 11 heteroatoms. The van der Waals surface area contributed by atoms with E-state index in [1.54, 1.807) is 31.3 Å². The number of amides is 1. The normalized spacial score (nSPS) is 14.9. The van der Waals surface area contributed by atoms with Crippen LogP contribution in [-0.4, -0.2) is 54.6 Å². The Morgan fingerprint density at radius 2 is 1.70 bits per heavy atom. The van der Waals surface area contributed by atoms with Gasteiger partial charge in [0.2, 0.25) is 5.03 Å². The molecule has 3 aromatic rings. The van der Waals surface area contributed by atoms with Crippen LogP contribution in [0.3, 0.4) is 0 Å². The van der Waals surface area contributed by atoms with E-state index in [4.69, 9.17) is 11.6 Å². The minimum atomic E-state index is -3.97. The Labute approximate surface area is 196 Å². The second kappa shape index (κ2) is 9.50. The fraction of sp³-hybridized carbons (Fsp3) is 0.273. The number of nitrogens with one attached hydrogen (secondary N) is 1. The van der Waals surface area contributed by atoms with Crippen molar-refractivity contribution in [2.45, 2.75) is 11.6 Å². The summed E-state index contributed by atoms with van der Waals surface area (Å²) in [6, 6.07) is 13.1. The summed E-state index contributed by atoms with van der Waals surface area (Å²) in [5.41, 5.74) is 1.63. The lowest BCUT2D eigenvalue weighted by molar-refractivity contribution is 0.0947. The summed E-state index contributed by atoms with van der Waals surface area (Å²) in [5.74, 6) is -0.937. The number of carbonyl (C=O) groups excluding carboxylic acids is 1. The van der Waals surface area contributed by atoms with Crippen molar-refractivity contribution in [3.05, 3.63) is 76.7 Å². The van der Waals surface area contributed by atoms with Gasteiger partial charge in [-0.15, -0.1) is 0 Å². The van der Waals surface area contributed by atoms with E-state index in [1.165, 1.54) is 27.3 Å². The van der Waals surface area contributed by atoms with E-state index >= 15 is 0 Å². The van der Waals surface area contributed by atoms with E-state index in [0.29, 0.717) is 23.7 Å². The van der Waals surface area contributed by atoms with Crippen molar-refractivity contribution < 1.29 is 17.6 Å². The van der Waals surface area contributed by atoms with Crippen molar-refractivity contribution >= 4 is 33.2 Å². The highest BCUT2D eigenvalue weighted by molar-refractivity contribution is 7.89. The SMILES string of the molecule is Cn1cc(C(=O)NCc2ccc(F)cc2)c(S(=O)(=O)N2CCN(c3ccc(Cl)cc3)CC2)n1. The van der Waals surface area contributed by atoms with Crippen LogP contribution >= 0.6 is 11.6 Å². The molecular weight excluding hydrogens is 469 g/mol. The smallest absolute Gasteiger partial charge is 0.263 e. The van der Waals surface area contributed by atoms with Crippen molar-refractivity contribution in [1.29, 1.82) is 0 Å². The first-order valence-corrected chi connectivity index (χ1v) is 12.1. The maximum Gasteiger partial charge on any atom is 0.263 e. The van der Waals surface area contributed by atoms with Crippen molar-refractivity contribution in [3.8, 4) is 0 Å². The third-order valence-corrected chi connectivity index (χ3v) is 7.51. The standard InChI is InChI=1S/C22H23ClFN5O3S/c1-27-15-20(21(30)25-14-16-2-6-18(24)7-3-16)22(26-27)33(31,32)29-12-10-28(11-13-29)19-8-4-17(23)5-9-19/h2-9,15H,10-14H2,1H3,(H,25,30). The van der Waals surface area contributed by atoms with Crippen LogP contribution in [0, 0.1) is 5.82 Å². The minimum Gasteiger partial charge on any atom is -0.369 e. The van der Waals surface area contributed by atoms with E-state index in [-0.39, 0.29) is 36.0 Å². The molecule has 174 valence electrons. The van der Waals surface area contributed by atoms with Gasteiger partial charge in [0, 0.05) is 56.7 Å². The molecule has 0 saturated carbocycles. The molecule has 1 amide bonds. The van der Waals surface area contributed by atoms with Crippen LogP contribution in [-0.2, 0) is 23.6 Å². The Morgan fingerprint density at radius 3 is 2.33 bits per heavy atom. The summed E-state index contributed by atoms with van der Waals surface area (Å²) in [4.78, 5) is 14.9. The number of anilines is 1. The predicted molar refractivity (Wildman–Crippen MR) is 123 cm³/mol. The molecule has 1 aliphatic heterocycles. The number of aryl methyl sites for hydroxylation is 1. The van der Waals surface area contributed by atoms with Crippen molar-refractivity contribution in [2.75, 3.05) is 31.1 Å². The maximum atomic E-state index is 13.3. The topological polar surface area (TPSA) is 87.5 Å². The molecule has 1 fully saturated rings. The number of carbonyl (C=O) groups is 1. The molecule has 0 aliphatic carbocycles. The van der Waals surface area contributed by atoms with Crippen LogP contribution in [0.5, 0.6) is 0 Å². The highest BCUT2D eigenvalue weighted by Gasteiger charge is 2.34. The molecule has 0 unspecified atom stereocenters. The second-order valence-electron chi connectivity index (χ2n) is 7.70. The van der Waals surface area contributed by atoms with Gasteiger partial charge in [-0.25, -0.2) is 12.8 Å². The number of halogens is 2. The van der Waals surface area contributed by atoms with Crippen LogP contribution in [0.1, 0.15) is 15.9 Å².